The van der Waals surface area contributed by atoms with Gasteiger partial charge in [-0.2, -0.15) is 5.10 Å². The van der Waals surface area contributed by atoms with Crippen LogP contribution in [0.4, 0.5) is 4.39 Å². The molecule has 8 heteroatoms. The fraction of sp³-hybridized carbons (Fsp3) is 0.250. The van der Waals surface area contributed by atoms with E-state index in [2.05, 4.69) is 21.0 Å². The van der Waals surface area contributed by atoms with Crippen LogP contribution in [0.25, 0.3) is 0 Å². The number of hydrogen-bond donors (Lipinski definition) is 0. The maximum Gasteiger partial charge on any atom is 0.160 e. The molecule has 20 heavy (non-hydrogen) atoms. The van der Waals surface area contributed by atoms with Crippen LogP contribution in [0, 0.1) is 5.82 Å². The maximum atomic E-state index is 13.1. The lowest BCUT2D eigenvalue weighted by Gasteiger charge is -2.03. The summed E-state index contributed by atoms with van der Waals surface area (Å²) in [5, 5.41) is 4.37. The number of sulfone groups is 1. The molecule has 0 aliphatic rings. The Morgan fingerprint density at radius 3 is 2.65 bits per heavy atom. The summed E-state index contributed by atoms with van der Waals surface area (Å²) in [6, 6.07) is 5.53. The summed E-state index contributed by atoms with van der Waals surface area (Å²) in [6.07, 6.45) is 0. The average Bonchev–Trinajstić information content (AvgIpc) is 2.56. The highest BCUT2D eigenvalue weighted by Gasteiger charge is 2.20. The van der Waals surface area contributed by atoms with Gasteiger partial charge in [-0.15, -0.1) is 0 Å². The molecule has 0 saturated heterocycles. The van der Waals surface area contributed by atoms with Gasteiger partial charge in [-0.1, -0.05) is 23.7 Å². The Morgan fingerprint density at radius 1 is 1.40 bits per heavy atom. The summed E-state index contributed by atoms with van der Waals surface area (Å²) in [5.74, 6) is -0.962. The quantitative estimate of drug-likeness (QED) is 0.818. The molecule has 2 aromatic rings. The van der Waals surface area contributed by atoms with Gasteiger partial charge in [0, 0.05) is 7.05 Å². The number of halogens is 3. The van der Waals surface area contributed by atoms with Gasteiger partial charge < -0.3 is 0 Å². The number of rotatable bonds is 4. The van der Waals surface area contributed by atoms with Crippen molar-refractivity contribution in [1.29, 1.82) is 0 Å². The minimum Gasteiger partial charge on any atom is -0.256 e. The fourth-order valence-electron chi connectivity index (χ4n) is 1.76. The molecule has 0 saturated carbocycles. The summed E-state index contributed by atoms with van der Waals surface area (Å²) in [4.78, 5) is 0. The largest absolute Gasteiger partial charge is 0.256 e. The molecule has 108 valence electrons. The van der Waals surface area contributed by atoms with Crippen LogP contribution in [0.3, 0.4) is 0 Å². The van der Waals surface area contributed by atoms with Gasteiger partial charge in [-0.3, -0.25) is 4.68 Å². The van der Waals surface area contributed by atoms with Crippen LogP contribution in [0.5, 0.6) is 0 Å². The third-order valence-electron chi connectivity index (χ3n) is 2.62. The van der Waals surface area contributed by atoms with Gasteiger partial charge in [0.15, 0.2) is 9.84 Å². The lowest BCUT2D eigenvalue weighted by atomic mass is 10.2. The highest BCUT2D eigenvalue weighted by Crippen LogP contribution is 2.27. The Morgan fingerprint density at radius 2 is 2.10 bits per heavy atom. The van der Waals surface area contributed by atoms with Gasteiger partial charge in [0.1, 0.15) is 11.0 Å². The molecule has 0 amide bonds. The maximum absolute atomic E-state index is 13.1. The SMILES string of the molecule is Cn1nc(CS(=O)(=O)Cc2cccc(F)c2)c(Br)c1Cl. The highest BCUT2D eigenvalue weighted by atomic mass is 79.9. The zero-order valence-corrected chi connectivity index (χ0v) is 13.6. The molecular formula is C12H11BrClFN2O2S. The molecule has 4 nitrogen and oxygen atoms in total. The molecule has 0 N–H and O–H groups in total. The van der Waals surface area contributed by atoms with E-state index < -0.39 is 15.7 Å². The van der Waals surface area contributed by atoms with Crippen molar-refractivity contribution in [3.63, 3.8) is 0 Å². The zero-order valence-electron chi connectivity index (χ0n) is 10.5. The average molecular weight is 382 g/mol. The van der Waals surface area contributed by atoms with E-state index in [-0.39, 0.29) is 11.5 Å². The number of nitrogens with zero attached hydrogens (tertiary/aromatic N) is 2. The van der Waals surface area contributed by atoms with Crippen molar-refractivity contribution in [2.24, 2.45) is 7.05 Å². The second-order valence-corrected chi connectivity index (χ2v) is 7.55. The van der Waals surface area contributed by atoms with Gasteiger partial charge in [-0.25, -0.2) is 12.8 Å². The first kappa shape index (κ1) is 15.5. The van der Waals surface area contributed by atoms with Crippen LogP contribution < -0.4 is 0 Å². The van der Waals surface area contributed by atoms with Gasteiger partial charge >= 0.3 is 0 Å². The molecule has 0 radical (unpaired) electrons. The molecule has 0 atom stereocenters. The van der Waals surface area contributed by atoms with Crippen LogP contribution in [-0.4, -0.2) is 18.2 Å². The molecular weight excluding hydrogens is 371 g/mol. The van der Waals surface area contributed by atoms with Crippen LogP contribution in [0.2, 0.25) is 5.15 Å². The molecule has 0 aliphatic heterocycles. The number of hydrogen-bond acceptors (Lipinski definition) is 3. The molecule has 1 aromatic carbocycles. The van der Waals surface area contributed by atoms with E-state index >= 15 is 0 Å². The first-order valence-corrected chi connectivity index (χ1v) is 8.59. The van der Waals surface area contributed by atoms with Crippen LogP contribution in [0.1, 0.15) is 11.3 Å². The predicted molar refractivity (Wildman–Crippen MR) is 78.6 cm³/mol. The highest BCUT2D eigenvalue weighted by molar-refractivity contribution is 9.10. The number of aromatic nitrogens is 2. The lowest BCUT2D eigenvalue weighted by molar-refractivity contribution is 0.592. The minimum atomic E-state index is -3.46. The first-order chi connectivity index (χ1) is 9.28. The third kappa shape index (κ3) is 3.59. The first-order valence-electron chi connectivity index (χ1n) is 5.60. The van der Waals surface area contributed by atoms with Crippen molar-refractivity contribution in [1.82, 2.24) is 9.78 Å². The third-order valence-corrected chi connectivity index (χ3v) is 5.60. The van der Waals surface area contributed by atoms with E-state index in [0.717, 1.165) is 0 Å². The fourth-order valence-corrected chi connectivity index (χ4v) is 3.98. The normalized spacial score (nSPS) is 11.8. The van der Waals surface area contributed by atoms with E-state index in [9.17, 15) is 12.8 Å². The summed E-state index contributed by atoms with van der Waals surface area (Å²) in [5.41, 5.74) is 0.747. The molecule has 1 heterocycles. The Kier molecular flexibility index (Phi) is 4.51. The van der Waals surface area contributed by atoms with Crippen LogP contribution in [-0.2, 0) is 28.4 Å². The molecule has 0 aliphatic carbocycles. The smallest absolute Gasteiger partial charge is 0.160 e. The van der Waals surface area contributed by atoms with Crippen molar-refractivity contribution >= 4 is 37.4 Å². The van der Waals surface area contributed by atoms with Crippen LogP contribution >= 0.6 is 27.5 Å². The second-order valence-electron chi connectivity index (χ2n) is 4.34. The van der Waals surface area contributed by atoms with Gasteiger partial charge in [0.2, 0.25) is 0 Å². The standard InChI is InChI=1S/C12H11BrClFN2O2S/c1-17-12(14)11(13)10(16-17)7-20(18,19)6-8-3-2-4-9(15)5-8/h2-5H,6-7H2,1H3. The number of aryl methyl sites for hydroxylation is 1. The summed E-state index contributed by atoms with van der Waals surface area (Å²) >= 11 is 9.13. The summed E-state index contributed by atoms with van der Waals surface area (Å²) in [7, 11) is -1.84. The van der Waals surface area contributed by atoms with Crippen molar-refractivity contribution in [3.05, 3.63) is 51.0 Å². The Labute approximate surface area is 129 Å². The topological polar surface area (TPSA) is 52.0 Å². The predicted octanol–water partition coefficient (Wildman–Crippen LogP) is 3.09. The monoisotopic (exact) mass is 380 g/mol. The Bertz CT molecular complexity index is 746. The Balaban J connectivity index is 2.21. The summed E-state index contributed by atoms with van der Waals surface area (Å²) in [6.45, 7) is 0. The van der Waals surface area contributed by atoms with E-state index in [1.165, 1.54) is 22.9 Å². The van der Waals surface area contributed by atoms with Crippen LogP contribution in [0.15, 0.2) is 28.7 Å². The van der Waals surface area contributed by atoms with Crippen molar-refractivity contribution in [3.8, 4) is 0 Å². The van der Waals surface area contributed by atoms with E-state index in [1.807, 2.05) is 0 Å². The molecule has 0 bridgehead atoms. The number of benzene rings is 1. The molecule has 1 aromatic heterocycles. The lowest BCUT2D eigenvalue weighted by Crippen LogP contribution is -2.09. The zero-order chi connectivity index (χ0) is 14.9. The van der Waals surface area contributed by atoms with E-state index in [0.29, 0.717) is 20.9 Å². The summed E-state index contributed by atoms with van der Waals surface area (Å²) < 4.78 is 39.1. The van der Waals surface area contributed by atoms with Crippen molar-refractivity contribution in [2.45, 2.75) is 11.5 Å². The van der Waals surface area contributed by atoms with Gasteiger partial charge in [0.25, 0.3) is 0 Å². The van der Waals surface area contributed by atoms with E-state index in [4.69, 9.17) is 11.6 Å². The second kappa shape index (κ2) is 5.83. The minimum absolute atomic E-state index is 0.245. The van der Waals surface area contributed by atoms with E-state index in [1.54, 1.807) is 13.1 Å². The van der Waals surface area contributed by atoms with Gasteiger partial charge in [-0.05, 0) is 33.6 Å². The Hall–Kier alpha value is -0.920. The van der Waals surface area contributed by atoms with Crippen molar-refractivity contribution in [2.75, 3.05) is 0 Å². The van der Waals surface area contributed by atoms with Crippen molar-refractivity contribution < 1.29 is 12.8 Å². The molecule has 0 spiro atoms. The van der Waals surface area contributed by atoms with Gasteiger partial charge in [0.05, 0.1) is 21.7 Å². The molecule has 2 rings (SSSR count). The molecule has 0 unspecified atom stereocenters. The molecule has 0 fully saturated rings.